The summed E-state index contributed by atoms with van der Waals surface area (Å²) in [5.41, 5.74) is 5.52. The van der Waals surface area contributed by atoms with Crippen LogP contribution >= 0.6 is 0 Å². The Bertz CT molecular complexity index is 959. The molecule has 0 aliphatic rings. The monoisotopic (exact) mass is 297 g/mol. The van der Waals surface area contributed by atoms with Crippen molar-refractivity contribution in [2.24, 2.45) is 0 Å². The fourth-order valence-electron chi connectivity index (χ4n) is 2.69. The van der Waals surface area contributed by atoms with Crippen molar-refractivity contribution in [2.45, 2.75) is 6.92 Å². The van der Waals surface area contributed by atoms with Crippen molar-refractivity contribution in [3.05, 3.63) is 90.6 Å². The maximum absolute atomic E-state index is 4.91. The maximum atomic E-state index is 4.91. The molecule has 3 aromatic rings. The van der Waals surface area contributed by atoms with E-state index in [0.717, 1.165) is 32.9 Å². The Balaban J connectivity index is 2.28. The summed E-state index contributed by atoms with van der Waals surface area (Å²) >= 11 is 0. The van der Waals surface area contributed by atoms with E-state index in [9.17, 15) is 0 Å². The molecule has 3 rings (SSSR count). The van der Waals surface area contributed by atoms with Crippen LogP contribution in [0.1, 0.15) is 16.7 Å². The smallest absolute Gasteiger partial charge is 0.0784 e. The highest BCUT2D eigenvalue weighted by atomic mass is 14.7. The van der Waals surface area contributed by atoms with Gasteiger partial charge in [-0.15, -0.1) is 0 Å². The van der Waals surface area contributed by atoms with Gasteiger partial charge in [-0.25, -0.2) is 4.98 Å². The van der Waals surface area contributed by atoms with Crippen LogP contribution in [0.2, 0.25) is 0 Å². The number of benzene rings is 2. The minimum Gasteiger partial charge on any atom is -0.247 e. The van der Waals surface area contributed by atoms with E-state index in [2.05, 4.69) is 62.6 Å². The van der Waals surface area contributed by atoms with Crippen molar-refractivity contribution < 1.29 is 0 Å². The van der Waals surface area contributed by atoms with E-state index in [0.29, 0.717) is 0 Å². The van der Waals surface area contributed by atoms with Gasteiger partial charge in [-0.3, -0.25) is 0 Å². The first-order valence-electron chi connectivity index (χ1n) is 7.65. The van der Waals surface area contributed by atoms with Crippen molar-refractivity contribution in [3.8, 4) is 0 Å². The van der Waals surface area contributed by atoms with Crippen LogP contribution in [-0.4, -0.2) is 4.98 Å². The SMILES string of the molecule is C=C/C=C\c1ccc2cc3ccc(C)c(/C=C\C=C)c3nc2c1. The van der Waals surface area contributed by atoms with Gasteiger partial charge in [0.25, 0.3) is 0 Å². The molecule has 0 aliphatic carbocycles. The number of fused-ring (bicyclic) bond motifs is 2. The Morgan fingerprint density at radius 2 is 1.61 bits per heavy atom. The summed E-state index contributed by atoms with van der Waals surface area (Å²) in [5, 5.41) is 2.30. The van der Waals surface area contributed by atoms with Crippen LogP contribution in [-0.2, 0) is 0 Å². The standard InChI is InChI=1S/C22H19N/c1-4-6-8-17-11-13-18-15-19-12-10-16(3)20(9-7-5-2)22(19)23-21(18)14-17/h4-15H,1-2H2,3H3/b8-6-,9-7-. The maximum Gasteiger partial charge on any atom is 0.0784 e. The lowest BCUT2D eigenvalue weighted by molar-refractivity contribution is 1.42. The van der Waals surface area contributed by atoms with Gasteiger partial charge in [-0.2, -0.15) is 0 Å². The van der Waals surface area contributed by atoms with E-state index in [4.69, 9.17) is 4.98 Å². The van der Waals surface area contributed by atoms with Gasteiger partial charge in [0.05, 0.1) is 11.0 Å². The third kappa shape index (κ3) is 3.00. The third-order valence-electron chi connectivity index (χ3n) is 3.89. The molecule has 0 bridgehead atoms. The van der Waals surface area contributed by atoms with Gasteiger partial charge in [0.15, 0.2) is 0 Å². The Kier molecular flexibility index (Phi) is 4.20. The highest BCUT2D eigenvalue weighted by Crippen LogP contribution is 2.26. The van der Waals surface area contributed by atoms with Gasteiger partial charge in [-0.1, -0.05) is 73.9 Å². The Morgan fingerprint density at radius 1 is 0.870 bits per heavy atom. The molecule has 0 saturated heterocycles. The zero-order chi connectivity index (χ0) is 16.2. The Morgan fingerprint density at radius 3 is 2.39 bits per heavy atom. The fourth-order valence-corrected chi connectivity index (χ4v) is 2.69. The lowest BCUT2D eigenvalue weighted by Crippen LogP contribution is -1.89. The molecule has 0 N–H and O–H groups in total. The molecule has 0 aliphatic heterocycles. The number of aromatic nitrogens is 1. The third-order valence-corrected chi connectivity index (χ3v) is 3.89. The predicted octanol–water partition coefficient (Wildman–Crippen LogP) is 6.09. The molecule has 1 heterocycles. The molecule has 2 aromatic carbocycles. The molecule has 0 amide bonds. The van der Waals surface area contributed by atoms with E-state index in [1.165, 1.54) is 5.56 Å². The second kappa shape index (κ2) is 6.45. The number of nitrogens with zero attached hydrogens (tertiary/aromatic N) is 1. The number of pyridine rings is 1. The summed E-state index contributed by atoms with van der Waals surface area (Å²) in [7, 11) is 0. The summed E-state index contributed by atoms with van der Waals surface area (Å²) in [6.45, 7) is 9.57. The van der Waals surface area contributed by atoms with Crippen molar-refractivity contribution >= 4 is 34.0 Å². The summed E-state index contributed by atoms with van der Waals surface area (Å²) < 4.78 is 0. The van der Waals surface area contributed by atoms with Gasteiger partial charge in [0, 0.05) is 16.3 Å². The van der Waals surface area contributed by atoms with Crippen molar-refractivity contribution in [3.63, 3.8) is 0 Å². The summed E-state index contributed by atoms with van der Waals surface area (Å²) in [5.74, 6) is 0. The van der Waals surface area contributed by atoms with E-state index in [-0.39, 0.29) is 0 Å². The number of aryl methyl sites for hydroxylation is 1. The van der Waals surface area contributed by atoms with Gasteiger partial charge in [0.1, 0.15) is 0 Å². The van der Waals surface area contributed by atoms with Crippen LogP contribution in [0.4, 0.5) is 0 Å². The highest BCUT2D eigenvalue weighted by molar-refractivity contribution is 5.97. The molecule has 23 heavy (non-hydrogen) atoms. The molecular formula is C22H19N. The molecule has 0 spiro atoms. The molecule has 0 unspecified atom stereocenters. The van der Waals surface area contributed by atoms with Gasteiger partial charge in [0.2, 0.25) is 0 Å². The fraction of sp³-hybridized carbons (Fsp3) is 0.0455. The molecule has 1 heteroatoms. The average Bonchev–Trinajstić information content (AvgIpc) is 2.57. The number of allylic oxidation sites excluding steroid dienone is 4. The molecule has 0 radical (unpaired) electrons. The van der Waals surface area contributed by atoms with Crippen LogP contribution < -0.4 is 0 Å². The van der Waals surface area contributed by atoms with Crippen molar-refractivity contribution in [1.82, 2.24) is 4.98 Å². The van der Waals surface area contributed by atoms with E-state index >= 15 is 0 Å². The lowest BCUT2D eigenvalue weighted by Gasteiger charge is -2.08. The Hall–Kier alpha value is -2.93. The first-order chi connectivity index (χ1) is 11.2. The van der Waals surface area contributed by atoms with Crippen LogP contribution in [0, 0.1) is 6.92 Å². The quantitative estimate of drug-likeness (QED) is 0.419. The second-order valence-electron chi connectivity index (χ2n) is 5.50. The van der Waals surface area contributed by atoms with E-state index in [1.807, 2.05) is 18.2 Å². The second-order valence-corrected chi connectivity index (χ2v) is 5.50. The molecule has 1 aromatic heterocycles. The van der Waals surface area contributed by atoms with Gasteiger partial charge < -0.3 is 0 Å². The number of hydrogen-bond acceptors (Lipinski definition) is 1. The minimum absolute atomic E-state index is 1.00. The van der Waals surface area contributed by atoms with Crippen molar-refractivity contribution in [2.75, 3.05) is 0 Å². The first-order valence-corrected chi connectivity index (χ1v) is 7.65. The van der Waals surface area contributed by atoms with Gasteiger partial charge >= 0.3 is 0 Å². The van der Waals surface area contributed by atoms with E-state index in [1.54, 1.807) is 12.2 Å². The van der Waals surface area contributed by atoms with Crippen LogP contribution in [0.25, 0.3) is 34.0 Å². The molecule has 112 valence electrons. The predicted molar refractivity (Wildman–Crippen MR) is 102 cm³/mol. The van der Waals surface area contributed by atoms with Crippen LogP contribution in [0.15, 0.2) is 73.9 Å². The van der Waals surface area contributed by atoms with Crippen molar-refractivity contribution in [1.29, 1.82) is 0 Å². The Labute approximate surface area is 137 Å². The summed E-state index contributed by atoms with van der Waals surface area (Å²) in [6.07, 6.45) is 11.6. The molecular weight excluding hydrogens is 278 g/mol. The summed E-state index contributed by atoms with van der Waals surface area (Å²) in [6, 6.07) is 12.8. The number of hydrogen-bond donors (Lipinski definition) is 0. The molecule has 0 saturated carbocycles. The summed E-state index contributed by atoms with van der Waals surface area (Å²) in [4.78, 5) is 4.91. The largest absolute Gasteiger partial charge is 0.247 e. The first kappa shape index (κ1) is 15.0. The van der Waals surface area contributed by atoms with Gasteiger partial charge in [-0.05, 0) is 30.2 Å². The van der Waals surface area contributed by atoms with Crippen LogP contribution in [0.3, 0.4) is 0 Å². The number of rotatable bonds is 4. The van der Waals surface area contributed by atoms with E-state index < -0.39 is 0 Å². The molecule has 1 nitrogen and oxygen atoms in total. The minimum atomic E-state index is 1.00. The average molecular weight is 297 g/mol. The topological polar surface area (TPSA) is 12.9 Å². The zero-order valence-electron chi connectivity index (χ0n) is 13.3. The molecule has 0 atom stereocenters. The van der Waals surface area contributed by atoms with Crippen LogP contribution in [0.5, 0.6) is 0 Å². The zero-order valence-corrected chi connectivity index (χ0v) is 13.3. The highest BCUT2D eigenvalue weighted by Gasteiger charge is 2.06. The lowest BCUT2D eigenvalue weighted by atomic mass is 10.0. The normalized spacial score (nSPS) is 11.7. The molecule has 0 fully saturated rings.